The molecular formula is C20H28N4O2S. The van der Waals surface area contributed by atoms with E-state index in [0.29, 0.717) is 34.6 Å². The first kappa shape index (κ1) is 19.9. The maximum atomic E-state index is 12.9. The van der Waals surface area contributed by atoms with E-state index in [2.05, 4.69) is 36.1 Å². The summed E-state index contributed by atoms with van der Waals surface area (Å²) in [4.78, 5) is 34.1. The van der Waals surface area contributed by atoms with E-state index in [1.807, 2.05) is 0 Å². The summed E-state index contributed by atoms with van der Waals surface area (Å²) in [5, 5.41) is 4.24. The van der Waals surface area contributed by atoms with Crippen molar-refractivity contribution in [1.82, 2.24) is 19.9 Å². The standard InChI is InChI=1S/C20H28N4O2S/c1-13(2)11-24-19(26)15-8-6-10-21-18(15)23-20(24)27-12-17(25)22-16-9-5-4-7-14(16)3/h6,8,10,13-14,16H,4-5,7,9,11-12H2,1-3H3,(H,22,25)/t14-,16-/m0/s1. The maximum Gasteiger partial charge on any atom is 0.263 e. The van der Waals surface area contributed by atoms with Crippen LogP contribution >= 0.6 is 11.8 Å². The molecule has 1 amide bonds. The predicted molar refractivity (Wildman–Crippen MR) is 109 cm³/mol. The Labute approximate surface area is 164 Å². The zero-order valence-corrected chi connectivity index (χ0v) is 17.1. The molecule has 0 aliphatic heterocycles. The fourth-order valence-corrected chi connectivity index (χ4v) is 4.39. The van der Waals surface area contributed by atoms with Crippen molar-refractivity contribution in [2.45, 2.75) is 64.2 Å². The van der Waals surface area contributed by atoms with Gasteiger partial charge in [0.15, 0.2) is 10.8 Å². The lowest BCUT2D eigenvalue weighted by molar-refractivity contribution is -0.119. The van der Waals surface area contributed by atoms with E-state index >= 15 is 0 Å². The summed E-state index contributed by atoms with van der Waals surface area (Å²) >= 11 is 1.32. The Morgan fingerprint density at radius 1 is 1.37 bits per heavy atom. The topological polar surface area (TPSA) is 76.9 Å². The van der Waals surface area contributed by atoms with Crippen LogP contribution in [0.4, 0.5) is 0 Å². The number of carbonyl (C=O) groups excluding carboxylic acids is 1. The van der Waals surface area contributed by atoms with Crippen LogP contribution in [0.3, 0.4) is 0 Å². The van der Waals surface area contributed by atoms with Gasteiger partial charge in [-0.25, -0.2) is 9.97 Å². The molecule has 0 saturated heterocycles. The van der Waals surface area contributed by atoms with Gasteiger partial charge in [-0.1, -0.05) is 45.4 Å². The smallest absolute Gasteiger partial charge is 0.263 e. The molecule has 2 aromatic heterocycles. The van der Waals surface area contributed by atoms with E-state index in [9.17, 15) is 9.59 Å². The third-order valence-electron chi connectivity index (χ3n) is 5.03. The molecule has 2 aromatic rings. The molecule has 1 fully saturated rings. The number of hydrogen-bond donors (Lipinski definition) is 1. The Balaban J connectivity index is 1.76. The number of nitrogens with one attached hydrogen (secondary N) is 1. The Bertz CT molecular complexity index is 865. The van der Waals surface area contributed by atoms with Crippen LogP contribution in [0.1, 0.15) is 46.5 Å². The molecule has 146 valence electrons. The lowest BCUT2D eigenvalue weighted by atomic mass is 9.86. The van der Waals surface area contributed by atoms with Gasteiger partial charge in [-0.2, -0.15) is 0 Å². The average molecular weight is 389 g/mol. The largest absolute Gasteiger partial charge is 0.352 e. The third kappa shape index (κ3) is 4.89. The van der Waals surface area contributed by atoms with E-state index in [-0.39, 0.29) is 23.3 Å². The summed E-state index contributed by atoms with van der Waals surface area (Å²) in [5.41, 5.74) is 0.344. The highest BCUT2D eigenvalue weighted by Crippen LogP contribution is 2.24. The number of hydrogen-bond acceptors (Lipinski definition) is 5. The number of fused-ring (bicyclic) bond motifs is 1. The number of rotatable bonds is 6. The normalized spacial score (nSPS) is 20.1. The fourth-order valence-electron chi connectivity index (χ4n) is 3.58. The summed E-state index contributed by atoms with van der Waals surface area (Å²) in [6.07, 6.45) is 6.27. The number of carbonyl (C=O) groups is 1. The number of thioether (sulfide) groups is 1. The van der Waals surface area contributed by atoms with Crippen molar-refractivity contribution in [1.29, 1.82) is 0 Å². The SMILES string of the molecule is CC(C)Cn1c(SCC(=O)N[C@H]2CCCC[C@@H]2C)nc2ncccc2c1=O. The molecule has 1 aliphatic rings. The van der Waals surface area contributed by atoms with E-state index in [1.165, 1.54) is 31.0 Å². The fraction of sp³-hybridized carbons (Fsp3) is 0.600. The summed E-state index contributed by atoms with van der Waals surface area (Å²) in [5.74, 6) is 1.08. The first-order chi connectivity index (χ1) is 13.0. The molecule has 0 spiro atoms. The highest BCUT2D eigenvalue weighted by Gasteiger charge is 2.23. The van der Waals surface area contributed by atoms with Crippen LogP contribution in [0.5, 0.6) is 0 Å². The number of aromatic nitrogens is 3. The lowest BCUT2D eigenvalue weighted by Crippen LogP contribution is -2.42. The van der Waals surface area contributed by atoms with Gasteiger partial charge in [0, 0.05) is 18.8 Å². The zero-order chi connectivity index (χ0) is 19.4. The average Bonchev–Trinajstić information content (AvgIpc) is 2.64. The van der Waals surface area contributed by atoms with Crippen molar-refractivity contribution in [3.63, 3.8) is 0 Å². The lowest BCUT2D eigenvalue weighted by Gasteiger charge is -2.29. The Hall–Kier alpha value is -1.89. The minimum Gasteiger partial charge on any atom is -0.352 e. The minimum atomic E-state index is -0.0920. The van der Waals surface area contributed by atoms with Crippen molar-refractivity contribution in [2.75, 3.05) is 5.75 Å². The van der Waals surface area contributed by atoms with Crippen LogP contribution < -0.4 is 10.9 Å². The molecule has 0 bridgehead atoms. The van der Waals surface area contributed by atoms with Crippen molar-refractivity contribution < 1.29 is 4.79 Å². The molecule has 7 heteroatoms. The quantitative estimate of drug-likeness (QED) is 0.607. The van der Waals surface area contributed by atoms with Crippen molar-refractivity contribution in [2.24, 2.45) is 11.8 Å². The van der Waals surface area contributed by atoms with Gasteiger partial charge in [-0.15, -0.1) is 0 Å². The molecule has 2 atom stereocenters. The van der Waals surface area contributed by atoms with Gasteiger partial charge in [-0.3, -0.25) is 14.2 Å². The monoisotopic (exact) mass is 388 g/mol. The maximum absolute atomic E-state index is 12.9. The summed E-state index contributed by atoms with van der Waals surface area (Å²) in [6.45, 7) is 6.89. The number of pyridine rings is 1. The highest BCUT2D eigenvalue weighted by molar-refractivity contribution is 7.99. The Morgan fingerprint density at radius 3 is 2.89 bits per heavy atom. The minimum absolute atomic E-state index is 0.00483. The van der Waals surface area contributed by atoms with Gasteiger partial charge in [0.1, 0.15) is 0 Å². The first-order valence-corrected chi connectivity index (χ1v) is 10.7. The summed E-state index contributed by atoms with van der Waals surface area (Å²) in [7, 11) is 0. The van der Waals surface area contributed by atoms with Gasteiger partial charge in [-0.05, 0) is 36.8 Å². The van der Waals surface area contributed by atoms with Crippen molar-refractivity contribution in [3.05, 3.63) is 28.7 Å². The van der Waals surface area contributed by atoms with Gasteiger partial charge in [0.25, 0.3) is 5.56 Å². The molecule has 27 heavy (non-hydrogen) atoms. The first-order valence-electron chi connectivity index (χ1n) is 9.73. The summed E-state index contributed by atoms with van der Waals surface area (Å²) in [6, 6.07) is 3.76. The van der Waals surface area contributed by atoms with E-state index in [0.717, 1.165) is 6.42 Å². The second-order valence-corrected chi connectivity index (χ2v) is 8.75. The predicted octanol–water partition coefficient (Wildman–Crippen LogP) is 3.23. The van der Waals surface area contributed by atoms with Gasteiger partial charge in [0.2, 0.25) is 5.91 Å². The van der Waals surface area contributed by atoms with Gasteiger partial charge >= 0.3 is 0 Å². The molecule has 1 N–H and O–H groups in total. The molecular weight excluding hydrogens is 360 g/mol. The van der Waals surface area contributed by atoms with Crippen LogP contribution in [0.25, 0.3) is 11.0 Å². The molecule has 1 aliphatic carbocycles. The Morgan fingerprint density at radius 2 is 2.15 bits per heavy atom. The van der Waals surface area contributed by atoms with Crippen LogP contribution in [0.15, 0.2) is 28.3 Å². The molecule has 0 aromatic carbocycles. The molecule has 3 rings (SSSR count). The van der Waals surface area contributed by atoms with Crippen LogP contribution in [0, 0.1) is 11.8 Å². The van der Waals surface area contributed by atoms with Crippen molar-refractivity contribution >= 4 is 28.7 Å². The second kappa shape index (κ2) is 8.87. The molecule has 0 unspecified atom stereocenters. The van der Waals surface area contributed by atoms with E-state index < -0.39 is 0 Å². The Kier molecular flexibility index (Phi) is 6.52. The van der Waals surface area contributed by atoms with Crippen LogP contribution in [-0.4, -0.2) is 32.2 Å². The molecule has 0 radical (unpaired) electrons. The van der Waals surface area contributed by atoms with Crippen molar-refractivity contribution in [3.8, 4) is 0 Å². The second-order valence-electron chi connectivity index (χ2n) is 7.80. The van der Waals surface area contributed by atoms with Crippen LogP contribution in [0.2, 0.25) is 0 Å². The highest BCUT2D eigenvalue weighted by atomic mass is 32.2. The zero-order valence-electron chi connectivity index (χ0n) is 16.3. The number of amides is 1. The van der Waals surface area contributed by atoms with Gasteiger partial charge in [0.05, 0.1) is 11.1 Å². The van der Waals surface area contributed by atoms with Crippen LogP contribution in [-0.2, 0) is 11.3 Å². The summed E-state index contributed by atoms with van der Waals surface area (Å²) < 4.78 is 1.68. The third-order valence-corrected chi connectivity index (χ3v) is 6.01. The molecule has 2 heterocycles. The molecule has 1 saturated carbocycles. The van der Waals surface area contributed by atoms with E-state index in [4.69, 9.17) is 0 Å². The van der Waals surface area contributed by atoms with E-state index in [1.54, 1.807) is 22.9 Å². The van der Waals surface area contributed by atoms with Gasteiger partial charge < -0.3 is 5.32 Å². The molecule has 6 nitrogen and oxygen atoms in total. The number of nitrogens with zero attached hydrogens (tertiary/aromatic N) is 3.